The molecule has 4 heterocycles. The van der Waals surface area contributed by atoms with Crippen molar-refractivity contribution in [2.24, 2.45) is 0 Å². The summed E-state index contributed by atoms with van der Waals surface area (Å²) >= 11 is 3.78. The number of nitrogens with zero attached hydrogens (tertiary/aromatic N) is 3. The van der Waals surface area contributed by atoms with Gasteiger partial charge in [-0.15, -0.1) is 22.7 Å². The van der Waals surface area contributed by atoms with Crippen molar-refractivity contribution >= 4 is 95.7 Å². The van der Waals surface area contributed by atoms with Crippen LogP contribution in [0.4, 0.5) is 0 Å². The third-order valence-corrected chi connectivity index (χ3v) is 11.2. The number of aromatic nitrogens is 3. The van der Waals surface area contributed by atoms with Gasteiger partial charge in [-0.05, 0) is 23.6 Å². The minimum Gasteiger partial charge on any atom is -0.276 e. The van der Waals surface area contributed by atoms with Gasteiger partial charge in [0.15, 0.2) is 0 Å². The van der Waals surface area contributed by atoms with Crippen molar-refractivity contribution in [3.8, 4) is 17.2 Å². The van der Waals surface area contributed by atoms with Crippen LogP contribution in [0.25, 0.3) is 90.3 Å². The van der Waals surface area contributed by atoms with Gasteiger partial charge in [-0.3, -0.25) is 4.57 Å². The average Bonchev–Trinajstić information content (AvgIpc) is 3.73. The van der Waals surface area contributed by atoms with E-state index >= 15 is 0 Å². The number of hydrogen-bond acceptors (Lipinski definition) is 4. The van der Waals surface area contributed by atoms with Gasteiger partial charge in [-0.2, -0.15) is 0 Å². The van der Waals surface area contributed by atoms with Crippen molar-refractivity contribution in [1.82, 2.24) is 14.5 Å². The van der Waals surface area contributed by atoms with Gasteiger partial charge >= 0.3 is 0 Å². The Kier molecular flexibility index (Phi) is 4.75. The van der Waals surface area contributed by atoms with Crippen molar-refractivity contribution in [2.75, 3.05) is 0 Å². The van der Waals surface area contributed by atoms with E-state index in [1.807, 2.05) is 22.7 Å². The van der Waals surface area contributed by atoms with E-state index in [1.54, 1.807) is 0 Å². The minimum atomic E-state index is 0.697. The minimum absolute atomic E-state index is 0.697. The maximum Gasteiger partial charge on any atom is 0.235 e. The number of fused-ring (bicyclic) bond motifs is 12. The highest BCUT2D eigenvalue weighted by Gasteiger charge is 2.22. The molecule has 0 amide bonds. The second kappa shape index (κ2) is 8.71. The monoisotopic (exact) mass is 583 g/mol. The van der Waals surface area contributed by atoms with Gasteiger partial charge in [0.25, 0.3) is 0 Å². The smallest absolute Gasteiger partial charge is 0.235 e. The fraction of sp³-hybridized carbons (Fsp3) is 0. The van der Waals surface area contributed by atoms with Crippen LogP contribution in [0.1, 0.15) is 0 Å². The van der Waals surface area contributed by atoms with Crippen molar-refractivity contribution in [3.05, 3.63) is 127 Å². The van der Waals surface area contributed by atoms with Crippen LogP contribution in [0, 0.1) is 0 Å². The fourth-order valence-electron chi connectivity index (χ4n) is 6.69. The van der Waals surface area contributed by atoms with Gasteiger partial charge in [-0.25, -0.2) is 9.97 Å². The Morgan fingerprint density at radius 2 is 1.16 bits per heavy atom. The zero-order valence-electron chi connectivity index (χ0n) is 22.8. The molecule has 43 heavy (non-hydrogen) atoms. The van der Waals surface area contributed by atoms with E-state index in [0.29, 0.717) is 5.95 Å². The number of hydrogen-bond donors (Lipinski definition) is 0. The van der Waals surface area contributed by atoms with Crippen LogP contribution in [0.5, 0.6) is 0 Å². The lowest BCUT2D eigenvalue weighted by atomic mass is 10.0. The third-order valence-electron chi connectivity index (χ3n) is 8.62. The molecule has 0 bridgehead atoms. The molecule has 3 nitrogen and oxygen atoms in total. The lowest BCUT2D eigenvalue weighted by Gasteiger charge is -2.13. The molecule has 0 saturated carbocycles. The summed E-state index contributed by atoms with van der Waals surface area (Å²) in [7, 11) is 0. The molecule has 0 spiro atoms. The molecule has 0 unspecified atom stereocenters. The van der Waals surface area contributed by atoms with Crippen LogP contribution in [0.2, 0.25) is 0 Å². The first-order valence-corrected chi connectivity index (χ1v) is 16.0. The predicted molar refractivity (Wildman–Crippen MR) is 185 cm³/mol. The van der Waals surface area contributed by atoms with Crippen molar-refractivity contribution in [2.45, 2.75) is 0 Å². The number of para-hydroxylation sites is 1. The standard InChI is InChI=1S/C38H21N3S2/c1-2-11-23(12-3-1)32-28-19-18-22-10-4-5-13-24(22)33(28)40-38(39-32)41-30-16-8-6-14-25(30)26-20-21-29-35(34(26)41)43-36-27-15-7-9-17-31(27)42-37(29)36/h1-21H. The Bertz CT molecular complexity index is 2730. The van der Waals surface area contributed by atoms with Gasteiger partial charge in [0, 0.05) is 42.6 Å². The normalized spacial score (nSPS) is 12.2. The Hall–Kier alpha value is -5.10. The lowest BCUT2D eigenvalue weighted by molar-refractivity contribution is 1.02. The number of benzene rings is 6. The second-order valence-corrected chi connectivity index (χ2v) is 13.0. The molecule has 5 heteroatoms. The molecule has 0 aliphatic rings. The molecule has 0 aliphatic heterocycles. The summed E-state index contributed by atoms with van der Waals surface area (Å²) in [6, 6.07) is 45.4. The molecule has 200 valence electrons. The van der Waals surface area contributed by atoms with Crippen molar-refractivity contribution in [3.63, 3.8) is 0 Å². The largest absolute Gasteiger partial charge is 0.276 e. The molecule has 0 radical (unpaired) electrons. The lowest BCUT2D eigenvalue weighted by Crippen LogP contribution is -2.04. The summed E-state index contributed by atoms with van der Waals surface area (Å²) < 4.78 is 7.64. The molecular weight excluding hydrogens is 563 g/mol. The van der Waals surface area contributed by atoms with Gasteiger partial charge in [-0.1, -0.05) is 109 Å². The predicted octanol–water partition coefficient (Wildman–Crippen LogP) is 11.1. The summed E-state index contributed by atoms with van der Waals surface area (Å²) in [5.41, 5.74) is 5.29. The van der Waals surface area contributed by atoms with E-state index in [2.05, 4.69) is 132 Å². The molecule has 6 aromatic carbocycles. The Labute approximate surface area is 253 Å². The highest BCUT2D eigenvalue weighted by molar-refractivity contribution is 7.37. The molecule has 4 aromatic heterocycles. The molecule has 10 rings (SSSR count). The molecule has 0 fully saturated rings. The zero-order valence-corrected chi connectivity index (χ0v) is 24.4. The van der Waals surface area contributed by atoms with E-state index in [4.69, 9.17) is 9.97 Å². The molecule has 0 N–H and O–H groups in total. The van der Waals surface area contributed by atoms with Crippen molar-refractivity contribution < 1.29 is 0 Å². The maximum atomic E-state index is 5.39. The van der Waals surface area contributed by atoms with E-state index in [-0.39, 0.29) is 0 Å². The summed E-state index contributed by atoms with van der Waals surface area (Å²) in [5, 5.41) is 8.44. The van der Waals surface area contributed by atoms with Crippen molar-refractivity contribution in [1.29, 1.82) is 0 Å². The summed E-state index contributed by atoms with van der Waals surface area (Å²) in [4.78, 5) is 10.8. The molecule has 0 atom stereocenters. The molecule has 0 aliphatic carbocycles. The molecular formula is C38H21N3S2. The zero-order chi connectivity index (χ0) is 28.1. The van der Waals surface area contributed by atoms with Crippen LogP contribution in [0.3, 0.4) is 0 Å². The van der Waals surface area contributed by atoms with Crippen LogP contribution >= 0.6 is 22.7 Å². The maximum absolute atomic E-state index is 5.39. The highest BCUT2D eigenvalue weighted by Crippen LogP contribution is 2.48. The second-order valence-electron chi connectivity index (χ2n) is 11.0. The Morgan fingerprint density at radius 3 is 2.07 bits per heavy atom. The third kappa shape index (κ3) is 3.23. The van der Waals surface area contributed by atoms with Gasteiger partial charge in [0.2, 0.25) is 5.95 Å². The number of thiophene rings is 2. The van der Waals surface area contributed by atoms with Gasteiger partial charge in [0.1, 0.15) is 0 Å². The number of rotatable bonds is 2. The summed E-state index contributed by atoms with van der Waals surface area (Å²) in [5.74, 6) is 0.697. The summed E-state index contributed by atoms with van der Waals surface area (Å²) in [6.07, 6.45) is 0. The highest BCUT2D eigenvalue weighted by atomic mass is 32.1. The quantitative estimate of drug-likeness (QED) is 0.190. The summed E-state index contributed by atoms with van der Waals surface area (Å²) in [6.45, 7) is 0. The van der Waals surface area contributed by atoms with Crippen LogP contribution in [0.15, 0.2) is 127 Å². The Morgan fingerprint density at radius 1 is 0.465 bits per heavy atom. The van der Waals surface area contributed by atoms with E-state index in [0.717, 1.165) is 33.1 Å². The molecule has 10 aromatic rings. The fourth-order valence-corrected chi connectivity index (χ4v) is 9.47. The van der Waals surface area contributed by atoms with E-state index in [1.165, 1.54) is 51.2 Å². The van der Waals surface area contributed by atoms with Gasteiger partial charge < -0.3 is 0 Å². The van der Waals surface area contributed by atoms with Crippen LogP contribution in [-0.4, -0.2) is 14.5 Å². The first-order valence-electron chi connectivity index (χ1n) is 14.3. The topological polar surface area (TPSA) is 30.7 Å². The van der Waals surface area contributed by atoms with Crippen LogP contribution in [-0.2, 0) is 0 Å². The Balaban J connectivity index is 1.40. The molecule has 0 saturated heterocycles. The first kappa shape index (κ1) is 23.5. The van der Waals surface area contributed by atoms with Crippen LogP contribution < -0.4 is 0 Å². The first-order chi connectivity index (χ1) is 21.3. The van der Waals surface area contributed by atoms with E-state index in [9.17, 15) is 0 Å². The SMILES string of the molecule is c1ccc(-c2nc(-n3c4ccccc4c4ccc5c6sc7ccccc7c6sc5c43)nc3c2ccc2ccccc23)cc1. The van der Waals surface area contributed by atoms with E-state index < -0.39 is 0 Å². The van der Waals surface area contributed by atoms with Gasteiger partial charge in [0.05, 0.1) is 36.3 Å². The average molecular weight is 584 g/mol.